The third-order valence-corrected chi connectivity index (χ3v) is 4.39. The van der Waals surface area contributed by atoms with Gasteiger partial charge in [-0.05, 0) is 25.7 Å². The summed E-state index contributed by atoms with van der Waals surface area (Å²) in [5.41, 5.74) is 1.11. The summed E-state index contributed by atoms with van der Waals surface area (Å²) in [4.78, 5) is 27.1. The van der Waals surface area contributed by atoms with E-state index in [1.807, 2.05) is 0 Å². The summed E-state index contributed by atoms with van der Waals surface area (Å²) in [6.07, 6.45) is 7.89. The molecule has 0 bridgehead atoms. The molecule has 0 amide bonds. The fourth-order valence-corrected chi connectivity index (χ4v) is 3.10. The van der Waals surface area contributed by atoms with E-state index in [9.17, 15) is 4.79 Å². The lowest BCUT2D eigenvalue weighted by Crippen LogP contribution is -2.28. The maximum absolute atomic E-state index is 11.6. The smallest absolute Gasteiger partial charge is 0.374 e. The van der Waals surface area contributed by atoms with Gasteiger partial charge in [0.05, 0.1) is 7.11 Å². The number of ether oxygens (including phenoxy) is 1. The van der Waals surface area contributed by atoms with Crippen molar-refractivity contribution in [3.8, 4) is 0 Å². The number of hydrogen-bond donors (Lipinski definition) is 2. The number of aromatic nitrogens is 4. The van der Waals surface area contributed by atoms with Gasteiger partial charge in [0.25, 0.3) is 0 Å². The molecule has 0 aliphatic heterocycles. The Labute approximate surface area is 128 Å². The van der Waals surface area contributed by atoms with Crippen LogP contribution in [-0.2, 0) is 4.74 Å². The number of rotatable bonds is 4. The predicted octanol–water partition coefficient (Wildman–Crippen LogP) is 2.52. The molecular weight excluding hydrogens is 282 g/mol. The van der Waals surface area contributed by atoms with Crippen LogP contribution in [0.15, 0.2) is 6.33 Å². The summed E-state index contributed by atoms with van der Waals surface area (Å²) in [6.45, 7) is 2.18. The van der Waals surface area contributed by atoms with Gasteiger partial charge in [0.1, 0.15) is 11.8 Å². The highest BCUT2D eigenvalue weighted by molar-refractivity contribution is 5.92. The maximum atomic E-state index is 11.6. The Hall–Kier alpha value is -2.18. The Morgan fingerprint density at radius 1 is 1.36 bits per heavy atom. The Morgan fingerprint density at radius 3 is 2.86 bits per heavy atom. The number of fused-ring (bicyclic) bond motifs is 1. The number of carbonyl (C=O) groups is 1. The van der Waals surface area contributed by atoms with Gasteiger partial charge in [0, 0.05) is 6.04 Å². The van der Waals surface area contributed by atoms with Crippen LogP contribution in [0.4, 0.5) is 5.82 Å². The molecule has 7 heteroatoms. The van der Waals surface area contributed by atoms with Crippen LogP contribution in [-0.4, -0.2) is 39.1 Å². The van der Waals surface area contributed by atoms with E-state index in [1.165, 1.54) is 45.5 Å². The summed E-state index contributed by atoms with van der Waals surface area (Å²) in [7, 11) is 1.32. The molecule has 22 heavy (non-hydrogen) atoms. The highest BCUT2D eigenvalue weighted by atomic mass is 16.5. The topological polar surface area (TPSA) is 92.8 Å². The van der Waals surface area contributed by atoms with E-state index < -0.39 is 5.97 Å². The first-order valence-corrected chi connectivity index (χ1v) is 7.74. The van der Waals surface area contributed by atoms with Crippen LogP contribution >= 0.6 is 0 Å². The lowest BCUT2D eigenvalue weighted by molar-refractivity contribution is 0.0588. The second-order valence-electron chi connectivity index (χ2n) is 5.83. The number of H-pyrrole nitrogens is 1. The van der Waals surface area contributed by atoms with Crippen molar-refractivity contribution < 1.29 is 9.53 Å². The highest BCUT2D eigenvalue weighted by Crippen LogP contribution is 2.28. The van der Waals surface area contributed by atoms with Crippen molar-refractivity contribution in [2.75, 3.05) is 12.4 Å². The van der Waals surface area contributed by atoms with Crippen molar-refractivity contribution >= 4 is 23.0 Å². The van der Waals surface area contributed by atoms with E-state index in [0.717, 1.165) is 0 Å². The van der Waals surface area contributed by atoms with Crippen molar-refractivity contribution in [2.45, 2.75) is 45.1 Å². The van der Waals surface area contributed by atoms with Gasteiger partial charge in [-0.15, -0.1) is 0 Å². The predicted molar refractivity (Wildman–Crippen MR) is 82.7 cm³/mol. The molecule has 0 radical (unpaired) electrons. The number of aromatic amines is 1. The molecule has 1 atom stereocenters. The van der Waals surface area contributed by atoms with Gasteiger partial charge in [-0.1, -0.05) is 19.3 Å². The molecule has 1 saturated carbocycles. The lowest BCUT2D eigenvalue weighted by Gasteiger charge is -2.28. The van der Waals surface area contributed by atoms with Crippen molar-refractivity contribution in [1.29, 1.82) is 0 Å². The van der Waals surface area contributed by atoms with Gasteiger partial charge >= 0.3 is 5.97 Å². The average Bonchev–Trinajstić information content (AvgIpc) is 3.00. The zero-order chi connectivity index (χ0) is 15.5. The van der Waals surface area contributed by atoms with E-state index in [2.05, 4.69) is 36.9 Å². The summed E-state index contributed by atoms with van der Waals surface area (Å²) in [5, 5.41) is 3.45. The van der Waals surface area contributed by atoms with Gasteiger partial charge in [-0.3, -0.25) is 0 Å². The number of nitrogens with one attached hydrogen (secondary N) is 2. The monoisotopic (exact) mass is 303 g/mol. The summed E-state index contributed by atoms with van der Waals surface area (Å²) in [6, 6.07) is 0.322. The molecular formula is C15H21N5O2. The van der Waals surface area contributed by atoms with Crippen molar-refractivity contribution in [3.63, 3.8) is 0 Å². The van der Waals surface area contributed by atoms with E-state index in [-0.39, 0.29) is 5.82 Å². The van der Waals surface area contributed by atoms with Crippen LogP contribution in [0.2, 0.25) is 0 Å². The molecule has 1 aliphatic carbocycles. The van der Waals surface area contributed by atoms with Crippen LogP contribution in [0.5, 0.6) is 0 Å². The first-order valence-electron chi connectivity index (χ1n) is 7.74. The molecule has 0 saturated heterocycles. The fourth-order valence-electron chi connectivity index (χ4n) is 3.10. The van der Waals surface area contributed by atoms with Gasteiger partial charge in [-0.2, -0.15) is 0 Å². The van der Waals surface area contributed by atoms with Gasteiger partial charge in [-0.25, -0.2) is 19.7 Å². The molecule has 2 heterocycles. The molecule has 1 fully saturated rings. The third-order valence-electron chi connectivity index (χ3n) is 4.39. The first kappa shape index (κ1) is 14.7. The molecule has 0 aromatic carbocycles. The zero-order valence-corrected chi connectivity index (χ0v) is 12.9. The fraction of sp³-hybridized carbons (Fsp3) is 0.600. The van der Waals surface area contributed by atoms with Gasteiger partial charge in [0.2, 0.25) is 5.82 Å². The van der Waals surface area contributed by atoms with Crippen LogP contribution < -0.4 is 5.32 Å². The molecule has 118 valence electrons. The number of anilines is 1. The van der Waals surface area contributed by atoms with Gasteiger partial charge < -0.3 is 15.0 Å². The molecule has 2 N–H and O–H groups in total. The maximum Gasteiger partial charge on any atom is 0.374 e. The number of nitrogens with zero attached hydrogens (tertiary/aromatic N) is 3. The van der Waals surface area contributed by atoms with E-state index in [0.29, 0.717) is 28.9 Å². The van der Waals surface area contributed by atoms with Crippen molar-refractivity contribution in [1.82, 2.24) is 19.9 Å². The molecule has 0 spiro atoms. The minimum atomic E-state index is -0.510. The lowest BCUT2D eigenvalue weighted by atomic mass is 9.84. The number of carbonyl (C=O) groups excluding carboxylic acids is 1. The molecule has 2 aromatic heterocycles. The van der Waals surface area contributed by atoms with Crippen molar-refractivity contribution in [3.05, 3.63) is 12.2 Å². The largest absolute Gasteiger partial charge is 0.463 e. The molecule has 7 nitrogen and oxygen atoms in total. The summed E-state index contributed by atoms with van der Waals surface area (Å²) >= 11 is 0. The SMILES string of the molecule is COC(=O)c1nc2ncnc(NC(C)C3CCCCC3)c2[nH]1. The molecule has 2 aromatic rings. The average molecular weight is 303 g/mol. The second kappa shape index (κ2) is 6.29. The Bertz CT molecular complexity index is 663. The Balaban J connectivity index is 1.83. The quantitative estimate of drug-likeness (QED) is 0.843. The van der Waals surface area contributed by atoms with Crippen LogP contribution in [0.3, 0.4) is 0 Å². The van der Waals surface area contributed by atoms with Crippen LogP contribution in [0.25, 0.3) is 11.2 Å². The summed E-state index contributed by atoms with van der Waals surface area (Å²) < 4.78 is 4.68. The Morgan fingerprint density at radius 2 is 2.14 bits per heavy atom. The first-order chi connectivity index (χ1) is 10.7. The van der Waals surface area contributed by atoms with Gasteiger partial charge in [0.15, 0.2) is 11.5 Å². The number of imidazole rings is 1. The molecule has 1 unspecified atom stereocenters. The number of methoxy groups -OCH3 is 1. The standard InChI is InChI=1S/C15H21N5O2/c1-9(10-6-4-3-5-7-10)18-12-11-13(17-8-16-12)20-14(19-11)15(21)22-2/h8-10H,3-7H2,1-2H3,(H2,16,17,18,19,20). The highest BCUT2D eigenvalue weighted by Gasteiger charge is 2.22. The van der Waals surface area contributed by atoms with E-state index in [1.54, 1.807) is 0 Å². The summed E-state index contributed by atoms with van der Waals surface area (Å²) in [5.74, 6) is 0.975. The van der Waals surface area contributed by atoms with Crippen molar-refractivity contribution in [2.24, 2.45) is 5.92 Å². The van der Waals surface area contributed by atoms with Crippen LogP contribution in [0.1, 0.15) is 49.6 Å². The normalized spacial score (nSPS) is 17.4. The second-order valence-corrected chi connectivity index (χ2v) is 5.83. The minimum Gasteiger partial charge on any atom is -0.463 e. The minimum absolute atomic E-state index is 0.145. The van der Waals surface area contributed by atoms with E-state index >= 15 is 0 Å². The zero-order valence-electron chi connectivity index (χ0n) is 12.9. The molecule has 1 aliphatic rings. The van der Waals surface area contributed by atoms with E-state index in [4.69, 9.17) is 0 Å². The third kappa shape index (κ3) is 2.88. The Kier molecular flexibility index (Phi) is 4.22. The number of hydrogen-bond acceptors (Lipinski definition) is 6. The molecule has 3 rings (SSSR count). The van der Waals surface area contributed by atoms with Crippen LogP contribution in [0, 0.1) is 5.92 Å². The number of esters is 1.